The highest BCUT2D eigenvalue weighted by Gasteiger charge is 2.00. The van der Waals surface area contributed by atoms with Crippen LogP contribution in [0.25, 0.3) is 0 Å². The van der Waals surface area contributed by atoms with Crippen LogP contribution < -0.4 is 5.32 Å². The lowest BCUT2D eigenvalue weighted by atomic mass is 10.2. The van der Waals surface area contributed by atoms with Gasteiger partial charge >= 0.3 is 0 Å². The molecule has 2 nitrogen and oxygen atoms in total. The fourth-order valence-corrected chi connectivity index (χ4v) is 1.99. The molecule has 78 valence electrons. The normalized spacial score (nSPS) is 10.3. The maximum absolute atomic E-state index is 5.90. The van der Waals surface area contributed by atoms with Gasteiger partial charge in [0.15, 0.2) is 5.13 Å². The predicted octanol–water partition coefficient (Wildman–Crippen LogP) is 4.06. The summed E-state index contributed by atoms with van der Waals surface area (Å²) in [6, 6.07) is 5.59. The first-order chi connectivity index (χ1) is 7.25. The van der Waals surface area contributed by atoms with Gasteiger partial charge in [0, 0.05) is 18.1 Å². The molecule has 0 spiro atoms. The second-order valence-corrected chi connectivity index (χ2v) is 4.65. The van der Waals surface area contributed by atoms with Gasteiger partial charge in [0.05, 0.1) is 10.0 Å². The Morgan fingerprint density at radius 3 is 2.80 bits per heavy atom. The zero-order valence-corrected chi connectivity index (χ0v) is 10.0. The van der Waals surface area contributed by atoms with E-state index >= 15 is 0 Å². The van der Waals surface area contributed by atoms with E-state index in [1.807, 2.05) is 17.5 Å². The molecular formula is C10H8Cl2N2S. The molecule has 0 fully saturated rings. The summed E-state index contributed by atoms with van der Waals surface area (Å²) in [6.07, 6.45) is 1.77. The second-order valence-electron chi connectivity index (χ2n) is 2.94. The number of hydrogen-bond donors (Lipinski definition) is 1. The molecule has 0 unspecified atom stereocenters. The van der Waals surface area contributed by atoms with Crippen LogP contribution >= 0.6 is 34.5 Å². The van der Waals surface area contributed by atoms with E-state index in [2.05, 4.69) is 10.3 Å². The highest BCUT2D eigenvalue weighted by Crippen LogP contribution is 2.23. The van der Waals surface area contributed by atoms with Crippen LogP contribution in [0.5, 0.6) is 0 Å². The van der Waals surface area contributed by atoms with Crippen LogP contribution in [-0.2, 0) is 6.54 Å². The fourth-order valence-electron chi connectivity index (χ4n) is 1.14. The average molecular weight is 259 g/mol. The molecule has 15 heavy (non-hydrogen) atoms. The molecule has 0 radical (unpaired) electrons. The first kappa shape index (κ1) is 10.7. The van der Waals surface area contributed by atoms with Gasteiger partial charge in [0.1, 0.15) is 0 Å². The number of nitrogens with zero attached hydrogens (tertiary/aromatic N) is 1. The zero-order chi connectivity index (χ0) is 10.7. The van der Waals surface area contributed by atoms with Crippen LogP contribution in [0.2, 0.25) is 10.0 Å². The summed E-state index contributed by atoms with van der Waals surface area (Å²) in [5.74, 6) is 0. The van der Waals surface area contributed by atoms with Gasteiger partial charge in [0.2, 0.25) is 0 Å². The van der Waals surface area contributed by atoms with E-state index < -0.39 is 0 Å². The van der Waals surface area contributed by atoms with E-state index in [0.29, 0.717) is 16.6 Å². The quantitative estimate of drug-likeness (QED) is 0.898. The van der Waals surface area contributed by atoms with Gasteiger partial charge in [-0.1, -0.05) is 29.3 Å². The van der Waals surface area contributed by atoms with E-state index in [1.165, 1.54) is 0 Å². The van der Waals surface area contributed by atoms with E-state index in [1.54, 1.807) is 23.6 Å². The summed E-state index contributed by atoms with van der Waals surface area (Å²) >= 11 is 13.3. The minimum atomic E-state index is 0.578. The molecule has 0 aliphatic heterocycles. The molecular weight excluding hydrogens is 251 g/mol. The summed E-state index contributed by atoms with van der Waals surface area (Å²) in [5, 5.41) is 7.18. The maximum Gasteiger partial charge on any atom is 0.182 e. The highest BCUT2D eigenvalue weighted by atomic mass is 35.5. The molecule has 1 aromatic heterocycles. The third-order valence-corrected chi connectivity index (χ3v) is 3.33. The van der Waals surface area contributed by atoms with Gasteiger partial charge in [-0.3, -0.25) is 0 Å². The number of aromatic nitrogens is 1. The Morgan fingerprint density at radius 1 is 1.27 bits per heavy atom. The van der Waals surface area contributed by atoms with Crippen molar-refractivity contribution in [3.63, 3.8) is 0 Å². The van der Waals surface area contributed by atoms with Crippen LogP contribution in [-0.4, -0.2) is 4.98 Å². The largest absolute Gasteiger partial charge is 0.357 e. The Bertz CT molecular complexity index is 443. The number of rotatable bonds is 3. The fraction of sp³-hybridized carbons (Fsp3) is 0.100. The first-order valence-corrected chi connectivity index (χ1v) is 5.96. The Hall–Kier alpha value is -0.770. The van der Waals surface area contributed by atoms with Gasteiger partial charge in [-0.15, -0.1) is 11.3 Å². The molecule has 0 bridgehead atoms. The number of halogens is 2. The number of anilines is 1. The molecule has 0 aliphatic rings. The molecule has 1 aromatic carbocycles. The van der Waals surface area contributed by atoms with Gasteiger partial charge in [0.25, 0.3) is 0 Å². The second kappa shape index (κ2) is 4.84. The van der Waals surface area contributed by atoms with E-state index in [0.717, 1.165) is 10.7 Å². The molecule has 0 amide bonds. The molecule has 5 heteroatoms. The summed E-state index contributed by atoms with van der Waals surface area (Å²) in [5.41, 5.74) is 1.08. The molecule has 0 atom stereocenters. The molecule has 0 aliphatic carbocycles. The lowest BCUT2D eigenvalue weighted by molar-refractivity contribution is 1.13. The molecule has 2 aromatic rings. The van der Waals surface area contributed by atoms with Crippen molar-refractivity contribution in [3.05, 3.63) is 45.4 Å². The number of hydrogen-bond acceptors (Lipinski definition) is 3. The Kier molecular flexibility index (Phi) is 3.46. The van der Waals surface area contributed by atoms with Crippen molar-refractivity contribution in [2.75, 3.05) is 5.32 Å². The average Bonchev–Trinajstić information content (AvgIpc) is 2.73. The van der Waals surface area contributed by atoms with E-state index in [9.17, 15) is 0 Å². The summed E-state index contributed by atoms with van der Waals surface area (Å²) in [4.78, 5) is 4.12. The first-order valence-electron chi connectivity index (χ1n) is 4.33. The van der Waals surface area contributed by atoms with Crippen molar-refractivity contribution >= 4 is 39.7 Å². The lowest BCUT2D eigenvalue weighted by Crippen LogP contribution is -1.98. The van der Waals surface area contributed by atoms with Crippen LogP contribution in [0.15, 0.2) is 29.8 Å². The number of thiazole rings is 1. The Balaban J connectivity index is 2.02. The molecule has 0 saturated carbocycles. The zero-order valence-electron chi connectivity index (χ0n) is 7.71. The summed E-state index contributed by atoms with van der Waals surface area (Å²) < 4.78 is 0. The number of nitrogens with one attached hydrogen (secondary N) is 1. The van der Waals surface area contributed by atoms with Crippen molar-refractivity contribution in [1.82, 2.24) is 4.98 Å². The van der Waals surface area contributed by atoms with Crippen LogP contribution in [0.1, 0.15) is 5.56 Å². The van der Waals surface area contributed by atoms with Gasteiger partial charge in [-0.25, -0.2) is 4.98 Å². The van der Waals surface area contributed by atoms with Crippen molar-refractivity contribution < 1.29 is 0 Å². The highest BCUT2D eigenvalue weighted by molar-refractivity contribution is 7.13. The standard InChI is InChI=1S/C10H8Cl2N2S/c11-8-2-1-7(5-9(8)12)6-14-10-13-3-4-15-10/h1-5H,6H2,(H,13,14). The van der Waals surface area contributed by atoms with E-state index in [-0.39, 0.29) is 0 Å². The minimum absolute atomic E-state index is 0.578. The van der Waals surface area contributed by atoms with Crippen molar-refractivity contribution in [2.24, 2.45) is 0 Å². The summed E-state index contributed by atoms with van der Waals surface area (Å²) in [7, 11) is 0. The molecule has 0 saturated heterocycles. The monoisotopic (exact) mass is 258 g/mol. The summed E-state index contributed by atoms with van der Waals surface area (Å²) in [6.45, 7) is 0.699. The van der Waals surface area contributed by atoms with Gasteiger partial charge in [-0.2, -0.15) is 0 Å². The topological polar surface area (TPSA) is 24.9 Å². The molecule has 1 N–H and O–H groups in total. The van der Waals surface area contributed by atoms with Gasteiger partial charge < -0.3 is 5.32 Å². The smallest absolute Gasteiger partial charge is 0.182 e. The van der Waals surface area contributed by atoms with Crippen LogP contribution in [0.3, 0.4) is 0 Å². The predicted molar refractivity (Wildman–Crippen MR) is 65.9 cm³/mol. The van der Waals surface area contributed by atoms with Crippen molar-refractivity contribution in [2.45, 2.75) is 6.54 Å². The Labute approximate surface area is 102 Å². The van der Waals surface area contributed by atoms with Crippen molar-refractivity contribution in [1.29, 1.82) is 0 Å². The molecule has 1 heterocycles. The minimum Gasteiger partial charge on any atom is -0.357 e. The Morgan fingerprint density at radius 2 is 2.13 bits per heavy atom. The van der Waals surface area contributed by atoms with E-state index in [4.69, 9.17) is 23.2 Å². The third-order valence-electron chi connectivity index (χ3n) is 1.86. The number of benzene rings is 1. The molecule has 2 rings (SSSR count). The van der Waals surface area contributed by atoms with Gasteiger partial charge in [-0.05, 0) is 17.7 Å². The third kappa shape index (κ3) is 2.84. The van der Waals surface area contributed by atoms with Crippen molar-refractivity contribution in [3.8, 4) is 0 Å². The maximum atomic E-state index is 5.90. The van der Waals surface area contributed by atoms with Crippen LogP contribution in [0, 0.1) is 0 Å². The van der Waals surface area contributed by atoms with Crippen LogP contribution in [0.4, 0.5) is 5.13 Å². The lowest BCUT2D eigenvalue weighted by Gasteiger charge is -2.04. The SMILES string of the molecule is Clc1ccc(CNc2nccs2)cc1Cl.